The SMILES string of the molecule is CCc1ccc(S(=O)(=O)NCC(O)(c2cccs2)C2CC2)cc1. The molecule has 0 bridgehead atoms. The Morgan fingerprint density at radius 2 is 1.96 bits per heavy atom. The fourth-order valence-corrected chi connectivity index (χ4v) is 4.69. The second kappa shape index (κ2) is 6.36. The summed E-state index contributed by atoms with van der Waals surface area (Å²) in [5.41, 5.74) is -0.0121. The lowest BCUT2D eigenvalue weighted by atomic mass is 9.96. The highest BCUT2D eigenvalue weighted by Gasteiger charge is 2.46. The van der Waals surface area contributed by atoms with Crippen LogP contribution in [0.4, 0.5) is 0 Å². The van der Waals surface area contributed by atoms with Gasteiger partial charge in [0, 0.05) is 11.4 Å². The van der Waals surface area contributed by atoms with E-state index in [1.165, 1.54) is 11.3 Å². The number of sulfonamides is 1. The molecule has 1 aromatic carbocycles. The number of aliphatic hydroxyl groups is 1. The van der Waals surface area contributed by atoms with Crippen LogP contribution in [0.15, 0.2) is 46.7 Å². The Balaban J connectivity index is 1.77. The molecule has 6 heteroatoms. The summed E-state index contributed by atoms with van der Waals surface area (Å²) >= 11 is 1.46. The molecule has 0 spiro atoms. The molecule has 2 aromatic rings. The Labute approximate surface area is 141 Å². The van der Waals surface area contributed by atoms with Gasteiger partial charge in [-0.25, -0.2) is 13.1 Å². The van der Waals surface area contributed by atoms with Gasteiger partial charge in [0.1, 0.15) is 5.60 Å². The number of hydrogen-bond acceptors (Lipinski definition) is 4. The Kier molecular flexibility index (Phi) is 4.60. The molecule has 0 saturated heterocycles. The molecule has 1 aliphatic carbocycles. The summed E-state index contributed by atoms with van der Waals surface area (Å²) in [7, 11) is -3.62. The maximum absolute atomic E-state index is 12.5. The van der Waals surface area contributed by atoms with E-state index < -0.39 is 15.6 Å². The first kappa shape index (κ1) is 16.6. The minimum Gasteiger partial charge on any atom is -0.383 e. The van der Waals surface area contributed by atoms with E-state index in [4.69, 9.17) is 0 Å². The van der Waals surface area contributed by atoms with Crippen LogP contribution in [0.3, 0.4) is 0 Å². The Morgan fingerprint density at radius 3 is 2.48 bits per heavy atom. The van der Waals surface area contributed by atoms with Gasteiger partial charge in [-0.2, -0.15) is 0 Å². The highest BCUT2D eigenvalue weighted by atomic mass is 32.2. The van der Waals surface area contributed by atoms with Gasteiger partial charge in [0.15, 0.2) is 0 Å². The van der Waals surface area contributed by atoms with Gasteiger partial charge in [-0.3, -0.25) is 0 Å². The lowest BCUT2D eigenvalue weighted by Gasteiger charge is -2.27. The van der Waals surface area contributed by atoms with Crippen LogP contribution in [-0.4, -0.2) is 20.1 Å². The third-order valence-electron chi connectivity index (χ3n) is 4.37. The normalized spacial score (nSPS) is 17.8. The van der Waals surface area contributed by atoms with E-state index in [1.54, 1.807) is 12.1 Å². The first-order valence-electron chi connectivity index (χ1n) is 7.80. The lowest BCUT2D eigenvalue weighted by molar-refractivity contribution is 0.0222. The van der Waals surface area contributed by atoms with Gasteiger partial charge in [-0.15, -0.1) is 11.3 Å². The smallest absolute Gasteiger partial charge is 0.240 e. The molecule has 1 aromatic heterocycles. The Hall–Kier alpha value is -1.21. The van der Waals surface area contributed by atoms with Gasteiger partial charge in [-0.05, 0) is 54.3 Å². The van der Waals surface area contributed by atoms with E-state index >= 15 is 0 Å². The van der Waals surface area contributed by atoms with Crippen molar-refractivity contribution in [2.75, 3.05) is 6.54 Å². The van der Waals surface area contributed by atoms with Crippen LogP contribution >= 0.6 is 11.3 Å². The number of rotatable bonds is 7. The monoisotopic (exact) mass is 351 g/mol. The maximum atomic E-state index is 12.5. The number of hydrogen-bond donors (Lipinski definition) is 2. The molecule has 4 nitrogen and oxygen atoms in total. The van der Waals surface area contributed by atoms with Gasteiger partial charge < -0.3 is 5.11 Å². The van der Waals surface area contributed by atoms with E-state index in [1.807, 2.05) is 36.6 Å². The molecule has 0 radical (unpaired) electrons. The van der Waals surface area contributed by atoms with Crippen LogP contribution < -0.4 is 4.72 Å². The summed E-state index contributed by atoms with van der Waals surface area (Å²) in [5.74, 6) is 0.131. The molecule has 1 aliphatic rings. The molecule has 124 valence electrons. The fraction of sp³-hybridized carbons (Fsp3) is 0.412. The molecular formula is C17H21NO3S2. The summed E-state index contributed by atoms with van der Waals surface area (Å²) in [6, 6.07) is 10.6. The molecule has 23 heavy (non-hydrogen) atoms. The molecule has 1 heterocycles. The van der Waals surface area contributed by atoms with Gasteiger partial charge >= 0.3 is 0 Å². The summed E-state index contributed by atoms with van der Waals surface area (Å²) in [6.45, 7) is 2.04. The standard InChI is InChI=1S/C17H21NO3S2/c1-2-13-5-9-15(10-6-13)23(20,21)18-12-17(19,14-7-8-14)16-4-3-11-22-16/h3-6,9-11,14,18-19H,2,7-8,12H2,1H3. The molecule has 1 fully saturated rings. The Morgan fingerprint density at radius 1 is 1.26 bits per heavy atom. The van der Waals surface area contributed by atoms with Crippen molar-refractivity contribution in [1.82, 2.24) is 4.72 Å². The van der Waals surface area contributed by atoms with Crippen molar-refractivity contribution in [3.63, 3.8) is 0 Å². The maximum Gasteiger partial charge on any atom is 0.240 e. The average Bonchev–Trinajstić information content (AvgIpc) is 3.28. The van der Waals surface area contributed by atoms with Crippen molar-refractivity contribution in [2.24, 2.45) is 5.92 Å². The van der Waals surface area contributed by atoms with Gasteiger partial charge in [0.05, 0.1) is 4.90 Å². The third kappa shape index (κ3) is 3.50. The molecule has 3 rings (SSSR count). The zero-order valence-corrected chi connectivity index (χ0v) is 14.7. The summed E-state index contributed by atoms with van der Waals surface area (Å²) < 4.78 is 27.5. The van der Waals surface area contributed by atoms with E-state index in [2.05, 4.69) is 4.72 Å². The molecular weight excluding hydrogens is 330 g/mol. The largest absolute Gasteiger partial charge is 0.383 e. The van der Waals surface area contributed by atoms with Crippen LogP contribution in [0.25, 0.3) is 0 Å². The number of aryl methyl sites for hydroxylation is 1. The fourth-order valence-electron chi connectivity index (χ4n) is 2.71. The number of benzene rings is 1. The van der Waals surface area contributed by atoms with Crippen molar-refractivity contribution in [2.45, 2.75) is 36.7 Å². The second-order valence-electron chi connectivity index (χ2n) is 6.00. The molecule has 1 unspecified atom stereocenters. The van der Waals surface area contributed by atoms with Crippen molar-refractivity contribution >= 4 is 21.4 Å². The van der Waals surface area contributed by atoms with Gasteiger partial charge in [-0.1, -0.05) is 25.1 Å². The first-order chi connectivity index (χ1) is 11.0. The van der Waals surface area contributed by atoms with Crippen LogP contribution in [0, 0.1) is 5.92 Å². The van der Waals surface area contributed by atoms with E-state index in [0.717, 1.165) is 29.7 Å². The van der Waals surface area contributed by atoms with Crippen molar-refractivity contribution in [1.29, 1.82) is 0 Å². The van der Waals surface area contributed by atoms with Crippen molar-refractivity contribution in [3.05, 3.63) is 52.2 Å². The molecule has 0 aliphatic heterocycles. The van der Waals surface area contributed by atoms with E-state index in [0.29, 0.717) is 0 Å². The summed E-state index contributed by atoms with van der Waals surface area (Å²) in [6.07, 6.45) is 2.73. The van der Waals surface area contributed by atoms with Crippen molar-refractivity contribution in [3.8, 4) is 0 Å². The zero-order chi connectivity index (χ0) is 16.5. The topological polar surface area (TPSA) is 66.4 Å². The molecule has 1 saturated carbocycles. The quantitative estimate of drug-likeness (QED) is 0.806. The zero-order valence-electron chi connectivity index (χ0n) is 13.0. The van der Waals surface area contributed by atoms with Gasteiger partial charge in [0.25, 0.3) is 0 Å². The summed E-state index contributed by atoms with van der Waals surface area (Å²) in [4.78, 5) is 1.06. The minimum atomic E-state index is -3.62. The van der Waals surface area contributed by atoms with Crippen LogP contribution in [-0.2, 0) is 22.0 Å². The lowest BCUT2D eigenvalue weighted by Crippen LogP contribution is -2.41. The first-order valence-corrected chi connectivity index (χ1v) is 10.2. The molecule has 0 amide bonds. The predicted molar refractivity (Wildman–Crippen MR) is 91.9 cm³/mol. The number of thiophene rings is 1. The van der Waals surface area contributed by atoms with Gasteiger partial charge in [0.2, 0.25) is 10.0 Å². The van der Waals surface area contributed by atoms with Crippen LogP contribution in [0.2, 0.25) is 0 Å². The second-order valence-corrected chi connectivity index (χ2v) is 8.71. The Bertz CT molecular complexity index is 750. The third-order valence-corrected chi connectivity index (χ3v) is 6.83. The van der Waals surface area contributed by atoms with Crippen LogP contribution in [0.1, 0.15) is 30.2 Å². The average molecular weight is 351 g/mol. The van der Waals surface area contributed by atoms with Crippen molar-refractivity contribution < 1.29 is 13.5 Å². The predicted octanol–water partition coefficient (Wildman–Crippen LogP) is 2.89. The van der Waals surface area contributed by atoms with E-state index in [-0.39, 0.29) is 17.4 Å². The van der Waals surface area contributed by atoms with E-state index in [9.17, 15) is 13.5 Å². The minimum absolute atomic E-state index is 0.00996. The highest BCUT2D eigenvalue weighted by Crippen LogP contribution is 2.46. The highest BCUT2D eigenvalue weighted by molar-refractivity contribution is 7.89. The van der Waals surface area contributed by atoms with Crippen LogP contribution in [0.5, 0.6) is 0 Å². The molecule has 2 N–H and O–H groups in total. The number of nitrogens with one attached hydrogen (secondary N) is 1. The molecule has 1 atom stereocenters. The summed E-state index contributed by atoms with van der Waals surface area (Å²) in [5, 5.41) is 12.9.